The van der Waals surface area contributed by atoms with Crippen molar-refractivity contribution in [1.29, 1.82) is 0 Å². The van der Waals surface area contributed by atoms with Crippen LogP contribution in [-0.2, 0) is 9.53 Å². The number of morpholine rings is 1. The lowest BCUT2D eigenvalue weighted by Crippen LogP contribution is -2.52. The Morgan fingerprint density at radius 3 is 2.86 bits per heavy atom. The van der Waals surface area contributed by atoms with Crippen LogP contribution in [0.2, 0.25) is 0 Å². The van der Waals surface area contributed by atoms with Gasteiger partial charge in [0.05, 0.1) is 12.2 Å². The fraction of sp³-hybridized carbons (Fsp3) is 0.500. The number of aliphatic hydroxyl groups is 1. The number of nitrogens with two attached hydrogens (primary N) is 1. The number of carbonyl (C=O) groups excluding carboxylic acids is 1. The molecule has 0 bridgehead atoms. The number of carbonyl (C=O) groups is 1. The quantitative estimate of drug-likeness (QED) is 0.852. The number of hydrogen-bond acceptors (Lipinski definition) is 4. The summed E-state index contributed by atoms with van der Waals surface area (Å²) in [5, 5.41) is 10.1. The molecule has 1 aliphatic rings. The Bertz CT molecular complexity index is 527. The molecule has 3 N–H and O–H groups in total. The highest BCUT2D eigenvalue weighted by Gasteiger charge is 2.30. The van der Waals surface area contributed by atoms with E-state index in [1.165, 1.54) is 6.07 Å². The highest BCUT2D eigenvalue weighted by Crippen LogP contribution is 2.21. The Labute approximate surface area is 121 Å². The van der Waals surface area contributed by atoms with Crippen LogP contribution in [-0.4, -0.2) is 47.8 Å². The Kier molecular flexibility index (Phi) is 4.87. The van der Waals surface area contributed by atoms with Crippen molar-refractivity contribution in [2.75, 3.05) is 19.6 Å². The molecule has 1 amide bonds. The van der Waals surface area contributed by atoms with E-state index >= 15 is 0 Å². The van der Waals surface area contributed by atoms with Gasteiger partial charge < -0.3 is 15.6 Å². The summed E-state index contributed by atoms with van der Waals surface area (Å²) in [5.41, 5.74) is 5.24. The van der Waals surface area contributed by atoms with Crippen molar-refractivity contribution >= 4 is 5.91 Å². The van der Waals surface area contributed by atoms with Crippen LogP contribution in [0.15, 0.2) is 18.2 Å². The summed E-state index contributed by atoms with van der Waals surface area (Å²) in [6.45, 7) is 2.62. The maximum Gasteiger partial charge on any atom is 0.247 e. The van der Waals surface area contributed by atoms with Gasteiger partial charge in [-0.25, -0.2) is 8.78 Å². The molecular formula is C14H18F2N2O3. The lowest BCUT2D eigenvalue weighted by Gasteiger charge is -2.36. The second kappa shape index (κ2) is 6.46. The third kappa shape index (κ3) is 3.96. The number of hydrogen-bond donors (Lipinski definition) is 2. The van der Waals surface area contributed by atoms with Gasteiger partial charge in [-0.1, -0.05) is 6.07 Å². The van der Waals surface area contributed by atoms with E-state index in [9.17, 15) is 18.7 Å². The first-order valence-electron chi connectivity index (χ1n) is 6.67. The third-order valence-electron chi connectivity index (χ3n) is 3.41. The van der Waals surface area contributed by atoms with Gasteiger partial charge in [0.2, 0.25) is 5.91 Å². The molecule has 116 valence electrons. The van der Waals surface area contributed by atoms with Gasteiger partial charge in [-0.3, -0.25) is 9.69 Å². The summed E-state index contributed by atoms with van der Waals surface area (Å²) in [6, 6.07) is 3.03. The molecule has 21 heavy (non-hydrogen) atoms. The number of ether oxygens (including phenoxy) is 1. The highest BCUT2D eigenvalue weighted by molar-refractivity contribution is 5.79. The Balaban J connectivity index is 2.04. The molecule has 0 aliphatic carbocycles. The van der Waals surface area contributed by atoms with Gasteiger partial charge in [-0.2, -0.15) is 0 Å². The Morgan fingerprint density at radius 1 is 1.52 bits per heavy atom. The second-order valence-electron chi connectivity index (χ2n) is 5.24. The van der Waals surface area contributed by atoms with Crippen LogP contribution >= 0.6 is 0 Å². The predicted molar refractivity (Wildman–Crippen MR) is 71.3 cm³/mol. The first-order valence-corrected chi connectivity index (χ1v) is 6.67. The minimum atomic E-state index is -1.12. The monoisotopic (exact) mass is 300 g/mol. The van der Waals surface area contributed by atoms with Crippen LogP contribution in [0.1, 0.15) is 18.6 Å². The van der Waals surface area contributed by atoms with E-state index in [-0.39, 0.29) is 24.8 Å². The van der Waals surface area contributed by atoms with Crippen molar-refractivity contribution in [3.8, 4) is 0 Å². The standard InChI is InChI=1S/C14H18F2N2O3/c1-8-5-18(7-13(21-8)14(17)20)6-12(19)10-3-2-9(15)4-11(10)16/h2-4,8,12-13,19H,5-7H2,1H3,(H2,17,20)/t8-,12?,13?/m1/s1. The number of rotatable bonds is 4. The first kappa shape index (κ1) is 15.8. The van der Waals surface area contributed by atoms with Crippen molar-refractivity contribution in [2.24, 2.45) is 5.73 Å². The molecule has 2 rings (SSSR count). The number of nitrogens with zero attached hydrogens (tertiary/aromatic N) is 1. The highest BCUT2D eigenvalue weighted by atomic mass is 19.1. The number of primary amides is 1. The van der Waals surface area contributed by atoms with Gasteiger partial charge in [-0.05, 0) is 13.0 Å². The average Bonchev–Trinajstić information content (AvgIpc) is 2.37. The maximum absolute atomic E-state index is 13.6. The SMILES string of the molecule is C[C@@H]1CN(CC(O)c2ccc(F)cc2F)CC(C(N)=O)O1. The van der Waals surface area contributed by atoms with Gasteiger partial charge in [0.1, 0.15) is 17.7 Å². The van der Waals surface area contributed by atoms with Crippen molar-refractivity contribution in [3.63, 3.8) is 0 Å². The van der Waals surface area contributed by atoms with Crippen LogP contribution in [0.4, 0.5) is 8.78 Å². The minimum absolute atomic E-state index is 0.0196. The zero-order chi connectivity index (χ0) is 15.6. The van der Waals surface area contributed by atoms with Crippen LogP contribution in [0.5, 0.6) is 0 Å². The van der Waals surface area contributed by atoms with Gasteiger partial charge >= 0.3 is 0 Å². The fourth-order valence-corrected chi connectivity index (χ4v) is 2.46. The molecule has 1 aliphatic heterocycles. The average molecular weight is 300 g/mol. The molecule has 0 radical (unpaired) electrons. The van der Waals surface area contributed by atoms with E-state index in [1.54, 1.807) is 11.8 Å². The van der Waals surface area contributed by atoms with Gasteiger partial charge in [0, 0.05) is 31.3 Å². The first-order chi connectivity index (χ1) is 9.86. The molecule has 2 unspecified atom stereocenters. The fourth-order valence-electron chi connectivity index (χ4n) is 2.46. The number of benzene rings is 1. The van der Waals surface area contributed by atoms with E-state index in [0.29, 0.717) is 6.54 Å². The molecule has 1 saturated heterocycles. The molecule has 1 fully saturated rings. The zero-order valence-electron chi connectivity index (χ0n) is 11.6. The molecular weight excluding hydrogens is 282 g/mol. The maximum atomic E-state index is 13.6. The molecule has 1 aromatic rings. The van der Waals surface area contributed by atoms with Gasteiger partial charge in [0.15, 0.2) is 0 Å². The molecule has 3 atom stereocenters. The summed E-state index contributed by atoms with van der Waals surface area (Å²) in [5.74, 6) is -2.07. The van der Waals surface area contributed by atoms with E-state index < -0.39 is 29.7 Å². The summed E-state index contributed by atoms with van der Waals surface area (Å²) in [7, 11) is 0. The molecule has 5 nitrogen and oxygen atoms in total. The summed E-state index contributed by atoms with van der Waals surface area (Å²) in [4.78, 5) is 13.0. The van der Waals surface area contributed by atoms with Crippen LogP contribution in [0, 0.1) is 11.6 Å². The Hall–Kier alpha value is -1.57. The summed E-state index contributed by atoms with van der Waals surface area (Å²) in [6.07, 6.45) is -2.09. The minimum Gasteiger partial charge on any atom is -0.387 e. The van der Waals surface area contributed by atoms with E-state index in [2.05, 4.69) is 0 Å². The van der Waals surface area contributed by atoms with Crippen LogP contribution in [0.25, 0.3) is 0 Å². The smallest absolute Gasteiger partial charge is 0.247 e. The largest absolute Gasteiger partial charge is 0.387 e. The van der Waals surface area contributed by atoms with Crippen molar-refractivity contribution < 1.29 is 23.4 Å². The van der Waals surface area contributed by atoms with E-state index in [4.69, 9.17) is 10.5 Å². The lowest BCUT2D eigenvalue weighted by atomic mass is 10.1. The van der Waals surface area contributed by atoms with Crippen LogP contribution < -0.4 is 5.73 Å². The normalized spacial score (nSPS) is 24.8. The van der Waals surface area contributed by atoms with Crippen LogP contribution in [0.3, 0.4) is 0 Å². The molecule has 7 heteroatoms. The molecule has 1 aromatic carbocycles. The summed E-state index contributed by atoms with van der Waals surface area (Å²) < 4.78 is 31.9. The van der Waals surface area contributed by atoms with Crippen molar-refractivity contribution in [1.82, 2.24) is 4.90 Å². The predicted octanol–water partition coefficient (Wildman–Crippen LogP) is 0.573. The van der Waals surface area contributed by atoms with Gasteiger partial charge in [-0.15, -0.1) is 0 Å². The molecule has 0 saturated carbocycles. The van der Waals surface area contributed by atoms with Crippen molar-refractivity contribution in [2.45, 2.75) is 25.2 Å². The van der Waals surface area contributed by atoms with Crippen molar-refractivity contribution in [3.05, 3.63) is 35.4 Å². The van der Waals surface area contributed by atoms with E-state index in [0.717, 1.165) is 12.1 Å². The molecule has 1 heterocycles. The lowest BCUT2D eigenvalue weighted by molar-refractivity contribution is -0.143. The number of halogens is 2. The number of aliphatic hydroxyl groups excluding tert-OH is 1. The second-order valence-corrected chi connectivity index (χ2v) is 5.24. The number of amides is 1. The van der Waals surface area contributed by atoms with E-state index in [1.807, 2.05) is 0 Å². The third-order valence-corrected chi connectivity index (χ3v) is 3.41. The van der Waals surface area contributed by atoms with Gasteiger partial charge in [0.25, 0.3) is 0 Å². The molecule has 0 aromatic heterocycles. The Morgan fingerprint density at radius 2 is 2.24 bits per heavy atom. The number of β-amino-alcohol motifs (C(OH)–C–C–N with tert-alkyl or cyclic N) is 1. The topological polar surface area (TPSA) is 75.8 Å². The summed E-state index contributed by atoms with van der Waals surface area (Å²) >= 11 is 0. The zero-order valence-corrected chi connectivity index (χ0v) is 11.6. The molecule has 0 spiro atoms.